The molecule has 0 fully saturated rings. The maximum atomic E-state index is 5.68. The second kappa shape index (κ2) is 4.08. The van der Waals surface area contributed by atoms with Gasteiger partial charge in [-0.3, -0.25) is 5.43 Å². The SMILES string of the molecule is C=CCN1Cc2sc(N)nc2CCN1. The molecule has 2 heterocycles. The zero-order chi connectivity index (χ0) is 9.97. The third kappa shape index (κ3) is 1.95. The Bertz CT molecular complexity index is 334. The second-order valence-corrected chi connectivity index (χ2v) is 4.36. The smallest absolute Gasteiger partial charge is 0.180 e. The average Bonchev–Trinajstić information content (AvgIpc) is 2.37. The molecule has 76 valence electrons. The van der Waals surface area contributed by atoms with Gasteiger partial charge in [-0.2, -0.15) is 0 Å². The highest BCUT2D eigenvalue weighted by molar-refractivity contribution is 7.15. The number of nitrogens with two attached hydrogens (primary N) is 1. The summed E-state index contributed by atoms with van der Waals surface area (Å²) in [4.78, 5) is 5.58. The van der Waals surface area contributed by atoms with Crippen LogP contribution in [0, 0.1) is 0 Å². The van der Waals surface area contributed by atoms with E-state index >= 15 is 0 Å². The van der Waals surface area contributed by atoms with Crippen LogP contribution in [-0.2, 0) is 13.0 Å². The molecule has 2 rings (SSSR count). The summed E-state index contributed by atoms with van der Waals surface area (Å²) in [7, 11) is 0. The lowest BCUT2D eigenvalue weighted by molar-refractivity contribution is 0.210. The molecule has 0 unspecified atom stereocenters. The molecule has 0 radical (unpaired) electrons. The Kier molecular flexibility index (Phi) is 2.81. The van der Waals surface area contributed by atoms with Crippen molar-refractivity contribution in [2.45, 2.75) is 13.0 Å². The van der Waals surface area contributed by atoms with E-state index in [1.807, 2.05) is 6.08 Å². The first kappa shape index (κ1) is 9.64. The number of hydrogen-bond acceptors (Lipinski definition) is 5. The third-order valence-corrected chi connectivity index (χ3v) is 3.09. The van der Waals surface area contributed by atoms with E-state index in [1.54, 1.807) is 11.3 Å². The number of nitrogens with zero attached hydrogens (tertiary/aromatic N) is 2. The topological polar surface area (TPSA) is 54.2 Å². The van der Waals surface area contributed by atoms with Crippen molar-refractivity contribution in [3.8, 4) is 0 Å². The normalized spacial score (nSPS) is 17.4. The molecule has 0 spiro atoms. The predicted molar refractivity (Wildman–Crippen MR) is 58.8 cm³/mol. The van der Waals surface area contributed by atoms with E-state index in [1.165, 1.54) is 4.88 Å². The monoisotopic (exact) mass is 210 g/mol. The van der Waals surface area contributed by atoms with E-state index in [0.29, 0.717) is 5.13 Å². The van der Waals surface area contributed by atoms with Gasteiger partial charge in [-0.15, -0.1) is 17.9 Å². The molecular formula is C9H14N4S. The summed E-state index contributed by atoms with van der Waals surface area (Å²) in [6.45, 7) is 6.36. The zero-order valence-corrected chi connectivity index (χ0v) is 8.81. The average molecular weight is 210 g/mol. The summed E-state index contributed by atoms with van der Waals surface area (Å²) >= 11 is 1.58. The summed E-state index contributed by atoms with van der Waals surface area (Å²) < 4.78 is 0. The molecule has 0 aromatic carbocycles. The highest BCUT2D eigenvalue weighted by atomic mass is 32.1. The van der Waals surface area contributed by atoms with Crippen LogP contribution in [0.25, 0.3) is 0 Å². The van der Waals surface area contributed by atoms with Crippen molar-refractivity contribution >= 4 is 16.5 Å². The van der Waals surface area contributed by atoms with Crippen molar-refractivity contribution in [2.24, 2.45) is 0 Å². The van der Waals surface area contributed by atoms with Gasteiger partial charge in [0.1, 0.15) is 0 Å². The molecule has 0 saturated heterocycles. The molecule has 4 nitrogen and oxygen atoms in total. The van der Waals surface area contributed by atoms with Crippen molar-refractivity contribution in [3.05, 3.63) is 23.2 Å². The van der Waals surface area contributed by atoms with Gasteiger partial charge in [0.15, 0.2) is 5.13 Å². The summed E-state index contributed by atoms with van der Waals surface area (Å²) in [5.41, 5.74) is 10.1. The molecule has 5 heteroatoms. The van der Waals surface area contributed by atoms with E-state index in [2.05, 4.69) is 22.0 Å². The fourth-order valence-electron chi connectivity index (χ4n) is 1.57. The van der Waals surface area contributed by atoms with Crippen molar-refractivity contribution in [2.75, 3.05) is 18.8 Å². The Morgan fingerprint density at radius 1 is 1.71 bits per heavy atom. The Morgan fingerprint density at radius 2 is 2.57 bits per heavy atom. The molecule has 1 aromatic heterocycles. The van der Waals surface area contributed by atoms with Crippen LogP contribution in [0.5, 0.6) is 0 Å². The standard InChI is InChI=1S/C9H14N4S/c1-2-5-13-6-8-7(3-4-11-13)12-9(10)14-8/h2,11H,1,3-6H2,(H2,10,12). The Morgan fingerprint density at radius 3 is 3.36 bits per heavy atom. The van der Waals surface area contributed by atoms with Gasteiger partial charge < -0.3 is 5.73 Å². The van der Waals surface area contributed by atoms with E-state index in [-0.39, 0.29) is 0 Å². The molecule has 3 N–H and O–H groups in total. The van der Waals surface area contributed by atoms with Gasteiger partial charge in [0.05, 0.1) is 5.69 Å². The molecule has 1 aromatic rings. The third-order valence-electron chi connectivity index (χ3n) is 2.18. The van der Waals surface area contributed by atoms with Crippen LogP contribution in [-0.4, -0.2) is 23.1 Å². The van der Waals surface area contributed by atoms with Crippen molar-refractivity contribution < 1.29 is 0 Å². The fourth-order valence-corrected chi connectivity index (χ4v) is 2.46. The van der Waals surface area contributed by atoms with E-state index in [9.17, 15) is 0 Å². The maximum Gasteiger partial charge on any atom is 0.180 e. The Hall–Kier alpha value is -0.910. The van der Waals surface area contributed by atoms with Crippen molar-refractivity contribution in [3.63, 3.8) is 0 Å². The lowest BCUT2D eigenvalue weighted by Crippen LogP contribution is -2.36. The lowest BCUT2D eigenvalue weighted by atomic mass is 10.3. The van der Waals surface area contributed by atoms with Gasteiger partial charge in [0.25, 0.3) is 0 Å². The molecule has 1 aliphatic rings. The number of fused-ring (bicyclic) bond motifs is 1. The number of nitrogens with one attached hydrogen (secondary N) is 1. The largest absolute Gasteiger partial charge is 0.375 e. The summed E-state index contributed by atoms with van der Waals surface area (Å²) in [5.74, 6) is 0. The Balaban J connectivity index is 2.16. The number of hydrogen-bond donors (Lipinski definition) is 2. The molecule has 0 saturated carbocycles. The van der Waals surface area contributed by atoms with Gasteiger partial charge >= 0.3 is 0 Å². The molecule has 14 heavy (non-hydrogen) atoms. The molecule has 0 amide bonds. The number of anilines is 1. The number of rotatable bonds is 2. The first-order valence-corrected chi connectivity index (χ1v) is 5.44. The van der Waals surface area contributed by atoms with Crippen LogP contribution < -0.4 is 11.2 Å². The van der Waals surface area contributed by atoms with Crippen LogP contribution in [0.2, 0.25) is 0 Å². The van der Waals surface area contributed by atoms with Gasteiger partial charge in [0.2, 0.25) is 0 Å². The lowest BCUT2D eigenvalue weighted by Gasteiger charge is -2.18. The van der Waals surface area contributed by atoms with E-state index in [0.717, 1.165) is 31.7 Å². The number of hydrazine groups is 1. The minimum Gasteiger partial charge on any atom is -0.375 e. The molecule has 1 aliphatic heterocycles. The summed E-state index contributed by atoms with van der Waals surface area (Å²) in [5, 5.41) is 2.81. The number of thiazole rings is 1. The molecule has 0 atom stereocenters. The fraction of sp³-hybridized carbons (Fsp3) is 0.444. The van der Waals surface area contributed by atoms with Gasteiger partial charge in [0, 0.05) is 30.9 Å². The van der Waals surface area contributed by atoms with Crippen LogP contribution in [0.4, 0.5) is 5.13 Å². The van der Waals surface area contributed by atoms with Crippen LogP contribution in [0.1, 0.15) is 10.6 Å². The van der Waals surface area contributed by atoms with Gasteiger partial charge in [-0.05, 0) is 0 Å². The highest BCUT2D eigenvalue weighted by Gasteiger charge is 2.16. The predicted octanol–water partition coefficient (Wildman–Crippen LogP) is 0.774. The first-order chi connectivity index (χ1) is 6.79. The second-order valence-electron chi connectivity index (χ2n) is 3.25. The summed E-state index contributed by atoms with van der Waals surface area (Å²) in [6.07, 6.45) is 2.85. The number of aromatic nitrogens is 1. The van der Waals surface area contributed by atoms with Crippen LogP contribution >= 0.6 is 11.3 Å². The molecule has 0 bridgehead atoms. The minimum atomic E-state index is 0.676. The highest BCUT2D eigenvalue weighted by Crippen LogP contribution is 2.23. The van der Waals surface area contributed by atoms with E-state index < -0.39 is 0 Å². The Labute approximate surface area is 87.4 Å². The van der Waals surface area contributed by atoms with Crippen LogP contribution in [0.15, 0.2) is 12.7 Å². The summed E-state index contributed by atoms with van der Waals surface area (Å²) in [6, 6.07) is 0. The van der Waals surface area contributed by atoms with Gasteiger partial charge in [-0.1, -0.05) is 6.08 Å². The van der Waals surface area contributed by atoms with Gasteiger partial charge in [-0.25, -0.2) is 9.99 Å². The zero-order valence-electron chi connectivity index (χ0n) is 7.99. The first-order valence-electron chi connectivity index (χ1n) is 4.63. The molecule has 0 aliphatic carbocycles. The minimum absolute atomic E-state index is 0.676. The molecular weight excluding hydrogens is 196 g/mol. The van der Waals surface area contributed by atoms with Crippen molar-refractivity contribution in [1.82, 2.24) is 15.4 Å². The van der Waals surface area contributed by atoms with E-state index in [4.69, 9.17) is 5.73 Å². The quantitative estimate of drug-likeness (QED) is 0.708. The van der Waals surface area contributed by atoms with Crippen LogP contribution in [0.3, 0.4) is 0 Å². The maximum absolute atomic E-state index is 5.68. The van der Waals surface area contributed by atoms with Crippen molar-refractivity contribution in [1.29, 1.82) is 0 Å². The number of nitrogen functional groups attached to an aromatic ring is 1.